The van der Waals surface area contributed by atoms with Gasteiger partial charge in [-0.05, 0) is 46.2 Å². The van der Waals surface area contributed by atoms with E-state index in [0.29, 0.717) is 5.92 Å². The summed E-state index contributed by atoms with van der Waals surface area (Å²) in [5.41, 5.74) is -0.152. The Kier molecular flexibility index (Phi) is 3.11. The van der Waals surface area contributed by atoms with E-state index >= 15 is 0 Å². The van der Waals surface area contributed by atoms with Gasteiger partial charge in [-0.25, -0.2) is 0 Å². The molecule has 100 valence electrons. The summed E-state index contributed by atoms with van der Waals surface area (Å²) < 4.78 is 10.9. The van der Waals surface area contributed by atoms with Gasteiger partial charge in [0.15, 0.2) is 5.82 Å². The molecule has 0 aromatic carbocycles. The number of nitrogens with zero attached hydrogens (tertiary/aromatic N) is 3. The quantitative estimate of drug-likeness (QED) is 0.821. The second kappa shape index (κ2) is 4.63. The first-order valence-electron chi connectivity index (χ1n) is 6.85. The lowest BCUT2D eigenvalue weighted by Gasteiger charge is -2.31. The zero-order valence-electron chi connectivity index (χ0n) is 11.2. The molecule has 2 saturated heterocycles. The van der Waals surface area contributed by atoms with Crippen molar-refractivity contribution in [1.29, 1.82) is 0 Å². The topological polar surface area (TPSA) is 51.4 Å². The largest absolute Gasteiger partial charge is 0.381 e. The van der Waals surface area contributed by atoms with E-state index in [2.05, 4.69) is 28.9 Å². The second-order valence-electron chi connectivity index (χ2n) is 5.77. The van der Waals surface area contributed by atoms with Crippen molar-refractivity contribution in [3.8, 4) is 0 Å². The van der Waals surface area contributed by atoms with Crippen LogP contribution >= 0.6 is 0 Å². The van der Waals surface area contributed by atoms with Gasteiger partial charge in [-0.15, -0.1) is 0 Å². The summed E-state index contributed by atoms with van der Waals surface area (Å²) >= 11 is 0. The first-order valence-corrected chi connectivity index (χ1v) is 6.85. The SMILES string of the molecule is CC(C)(c1nc([C@@H]2CCOC2)no1)N1CCCC1. The fourth-order valence-electron chi connectivity index (χ4n) is 2.80. The summed E-state index contributed by atoms with van der Waals surface area (Å²) in [6.07, 6.45) is 3.53. The van der Waals surface area contributed by atoms with Gasteiger partial charge in [0, 0.05) is 12.5 Å². The van der Waals surface area contributed by atoms with E-state index in [1.54, 1.807) is 0 Å². The van der Waals surface area contributed by atoms with Crippen molar-refractivity contribution in [2.24, 2.45) is 0 Å². The normalized spacial score (nSPS) is 26.0. The molecule has 1 aromatic rings. The van der Waals surface area contributed by atoms with E-state index in [1.807, 2.05) is 0 Å². The highest BCUT2D eigenvalue weighted by Crippen LogP contribution is 2.31. The highest BCUT2D eigenvalue weighted by Gasteiger charge is 2.36. The fraction of sp³-hybridized carbons (Fsp3) is 0.846. The Balaban J connectivity index is 1.78. The summed E-state index contributed by atoms with van der Waals surface area (Å²) in [7, 11) is 0. The van der Waals surface area contributed by atoms with Crippen LogP contribution in [0.25, 0.3) is 0 Å². The zero-order valence-corrected chi connectivity index (χ0v) is 11.2. The Morgan fingerprint density at radius 3 is 2.72 bits per heavy atom. The van der Waals surface area contributed by atoms with E-state index in [9.17, 15) is 0 Å². The molecule has 0 radical (unpaired) electrons. The molecule has 3 heterocycles. The van der Waals surface area contributed by atoms with E-state index in [1.165, 1.54) is 12.8 Å². The highest BCUT2D eigenvalue weighted by atomic mass is 16.5. The summed E-state index contributed by atoms with van der Waals surface area (Å²) in [5.74, 6) is 1.87. The molecule has 0 amide bonds. The fourth-order valence-corrected chi connectivity index (χ4v) is 2.80. The predicted molar refractivity (Wildman–Crippen MR) is 66.3 cm³/mol. The summed E-state index contributed by atoms with van der Waals surface area (Å²) in [6, 6.07) is 0. The molecule has 2 aliphatic heterocycles. The van der Waals surface area contributed by atoms with Crippen LogP contribution < -0.4 is 0 Å². The minimum atomic E-state index is -0.152. The van der Waals surface area contributed by atoms with Gasteiger partial charge in [0.2, 0.25) is 5.89 Å². The van der Waals surface area contributed by atoms with Gasteiger partial charge in [0.1, 0.15) is 0 Å². The molecule has 0 N–H and O–H groups in total. The molecular formula is C13H21N3O2. The van der Waals surface area contributed by atoms with Gasteiger partial charge in [-0.2, -0.15) is 4.98 Å². The number of aromatic nitrogens is 2. The lowest BCUT2D eigenvalue weighted by Crippen LogP contribution is -2.39. The Bertz CT molecular complexity index is 404. The molecule has 0 spiro atoms. The first-order chi connectivity index (χ1) is 8.68. The van der Waals surface area contributed by atoms with Crippen LogP contribution in [0.1, 0.15) is 50.7 Å². The summed E-state index contributed by atoms with van der Waals surface area (Å²) in [4.78, 5) is 7.04. The molecule has 0 saturated carbocycles. The second-order valence-corrected chi connectivity index (χ2v) is 5.77. The molecule has 3 rings (SSSR count). The van der Waals surface area contributed by atoms with Crippen molar-refractivity contribution >= 4 is 0 Å². The molecule has 1 aromatic heterocycles. The van der Waals surface area contributed by atoms with Crippen molar-refractivity contribution in [3.63, 3.8) is 0 Å². The zero-order chi connectivity index (χ0) is 12.6. The summed E-state index contributed by atoms with van der Waals surface area (Å²) in [6.45, 7) is 8.11. The molecule has 18 heavy (non-hydrogen) atoms. The van der Waals surface area contributed by atoms with Gasteiger partial charge in [-0.3, -0.25) is 4.90 Å². The van der Waals surface area contributed by atoms with Crippen LogP contribution in [0.5, 0.6) is 0 Å². The maximum Gasteiger partial charge on any atom is 0.246 e. The average molecular weight is 251 g/mol. The minimum Gasteiger partial charge on any atom is -0.381 e. The number of likely N-dealkylation sites (tertiary alicyclic amines) is 1. The smallest absolute Gasteiger partial charge is 0.246 e. The Labute approximate surface area is 107 Å². The van der Waals surface area contributed by atoms with Crippen LogP contribution in [0.3, 0.4) is 0 Å². The van der Waals surface area contributed by atoms with Crippen molar-refractivity contribution in [2.75, 3.05) is 26.3 Å². The van der Waals surface area contributed by atoms with Crippen molar-refractivity contribution in [2.45, 2.75) is 44.6 Å². The third kappa shape index (κ3) is 2.06. The Morgan fingerprint density at radius 2 is 2.06 bits per heavy atom. The maximum atomic E-state index is 5.50. The van der Waals surface area contributed by atoms with Crippen LogP contribution in [0, 0.1) is 0 Å². The average Bonchev–Trinajstić information content (AvgIpc) is 3.12. The monoisotopic (exact) mass is 251 g/mol. The van der Waals surface area contributed by atoms with E-state index in [4.69, 9.17) is 9.26 Å². The van der Waals surface area contributed by atoms with Crippen LogP contribution in [0.4, 0.5) is 0 Å². The van der Waals surface area contributed by atoms with Gasteiger partial charge in [-0.1, -0.05) is 5.16 Å². The minimum absolute atomic E-state index is 0.152. The Hall–Kier alpha value is -0.940. The number of hydrogen-bond donors (Lipinski definition) is 0. The lowest BCUT2D eigenvalue weighted by atomic mass is 10.0. The molecule has 2 fully saturated rings. The standard InChI is InChI=1S/C13H21N3O2/c1-13(2,16-6-3-4-7-16)12-14-11(15-18-12)10-5-8-17-9-10/h10H,3-9H2,1-2H3/t10-/m1/s1. The van der Waals surface area contributed by atoms with Gasteiger partial charge < -0.3 is 9.26 Å². The number of ether oxygens (including phenoxy) is 1. The third-order valence-corrected chi connectivity index (χ3v) is 4.16. The first kappa shape index (κ1) is 12.1. The number of hydrogen-bond acceptors (Lipinski definition) is 5. The maximum absolute atomic E-state index is 5.50. The van der Waals surface area contributed by atoms with Crippen LogP contribution in [0.2, 0.25) is 0 Å². The van der Waals surface area contributed by atoms with E-state index in [0.717, 1.165) is 44.4 Å². The van der Waals surface area contributed by atoms with Crippen LogP contribution in [0.15, 0.2) is 4.52 Å². The van der Waals surface area contributed by atoms with Crippen molar-refractivity contribution in [1.82, 2.24) is 15.0 Å². The molecule has 0 unspecified atom stereocenters. The lowest BCUT2D eigenvalue weighted by molar-refractivity contribution is 0.112. The molecule has 1 atom stereocenters. The van der Waals surface area contributed by atoms with Gasteiger partial charge in [0.25, 0.3) is 0 Å². The Morgan fingerprint density at radius 1 is 1.28 bits per heavy atom. The molecule has 5 nitrogen and oxygen atoms in total. The van der Waals surface area contributed by atoms with Crippen molar-refractivity contribution < 1.29 is 9.26 Å². The number of rotatable bonds is 3. The van der Waals surface area contributed by atoms with Gasteiger partial charge >= 0.3 is 0 Å². The third-order valence-electron chi connectivity index (χ3n) is 4.16. The van der Waals surface area contributed by atoms with E-state index < -0.39 is 0 Å². The van der Waals surface area contributed by atoms with Crippen molar-refractivity contribution in [3.05, 3.63) is 11.7 Å². The molecule has 5 heteroatoms. The molecular weight excluding hydrogens is 230 g/mol. The van der Waals surface area contributed by atoms with Crippen LogP contribution in [-0.2, 0) is 10.3 Å². The molecule has 0 aliphatic carbocycles. The van der Waals surface area contributed by atoms with Crippen LogP contribution in [-0.4, -0.2) is 41.3 Å². The van der Waals surface area contributed by atoms with E-state index in [-0.39, 0.29) is 5.54 Å². The summed E-state index contributed by atoms with van der Waals surface area (Å²) in [5, 5.41) is 4.14. The molecule has 0 bridgehead atoms. The highest BCUT2D eigenvalue weighted by molar-refractivity contribution is 5.05. The van der Waals surface area contributed by atoms with Gasteiger partial charge in [0.05, 0.1) is 12.1 Å². The predicted octanol–water partition coefficient (Wildman–Crippen LogP) is 1.90. The molecule has 2 aliphatic rings.